The van der Waals surface area contributed by atoms with E-state index in [0.717, 1.165) is 34.5 Å². The first kappa shape index (κ1) is 22.5. The van der Waals surface area contributed by atoms with Crippen LogP contribution in [0.25, 0.3) is 16.4 Å². The van der Waals surface area contributed by atoms with E-state index in [1.54, 1.807) is 28.4 Å². The van der Waals surface area contributed by atoms with Crippen molar-refractivity contribution in [3.05, 3.63) is 44.5 Å². The number of halogens is 3. The van der Waals surface area contributed by atoms with Gasteiger partial charge < -0.3 is 27.0 Å². The van der Waals surface area contributed by atoms with E-state index in [4.69, 9.17) is 23.2 Å². The van der Waals surface area contributed by atoms with Crippen molar-refractivity contribution in [1.29, 1.82) is 0 Å². The molecule has 0 saturated heterocycles. The maximum Gasteiger partial charge on any atom is 0.323 e. The number of aryl methyl sites for hydroxylation is 2. The van der Waals surface area contributed by atoms with Gasteiger partial charge in [-0.1, -0.05) is 46.3 Å². The topological polar surface area (TPSA) is 49.4 Å². The van der Waals surface area contributed by atoms with Crippen LogP contribution < -0.4 is 26.4 Å². The lowest BCUT2D eigenvalue weighted by Crippen LogP contribution is -3.00. The van der Waals surface area contributed by atoms with Crippen molar-refractivity contribution in [2.75, 3.05) is 11.4 Å². The Labute approximate surface area is 197 Å². The highest BCUT2D eigenvalue weighted by molar-refractivity contribution is 8.03. The quantitative estimate of drug-likeness (QED) is 0.510. The third-order valence-electron chi connectivity index (χ3n) is 4.67. The van der Waals surface area contributed by atoms with Gasteiger partial charge in [0.25, 0.3) is 5.82 Å². The van der Waals surface area contributed by atoms with Crippen LogP contribution in [-0.4, -0.2) is 22.2 Å². The minimum Gasteiger partial charge on any atom is -1.00 e. The largest absolute Gasteiger partial charge is 1.00 e. The Balaban J connectivity index is 0.00000240. The van der Waals surface area contributed by atoms with Crippen molar-refractivity contribution in [2.45, 2.75) is 31.8 Å². The molecule has 1 aliphatic rings. The Morgan fingerprint density at radius 3 is 2.66 bits per heavy atom. The Kier molecular flexibility index (Phi) is 6.90. The van der Waals surface area contributed by atoms with Gasteiger partial charge in [-0.2, -0.15) is 0 Å². The van der Waals surface area contributed by atoms with Crippen molar-refractivity contribution in [3.8, 4) is 0 Å². The van der Waals surface area contributed by atoms with Gasteiger partial charge in [-0.3, -0.25) is 4.79 Å². The van der Waals surface area contributed by atoms with E-state index in [-0.39, 0.29) is 23.5 Å². The molecule has 154 valence electrons. The fourth-order valence-corrected chi connectivity index (χ4v) is 5.96. The van der Waals surface area contributed by atoms with Gasteiger partial charge in [0.05, 0.1) is 39.9 Å². The second kappa shape index (κ2) is 8.89. The molecule has 1 aliphatic heterocycles. The van der Waals surface area contributed by atoms with Crippen LogP contribution in [0.15, 0.2) is 33.5 Å². The number of hydrogen-bond donors (Lipinski definition) is 1. The highest BCUT2D eigenvalue weighted by Crippen LogP contribution is 2.49. The van der Waals surface area contributed by atoms with Crippen molar-refractivity contribution >= 4 is 74.4 Å². The van der Waals surface area contributed by atoms with Crippen LogP contribution >= 0.6 is 46.3 Å². The molecule has 0 amide bonds. The molecule has 0 radical (unpaired) electrons. The molecule has 0 saturated carbocycles. The molecule has 4 rings (SSSR count). The van der Waals surface area contributed by atoms with Crippen LogP contribution in [0.1, 0.15) is 19.7 Å². The molecule has 1 aromatic carbocycles. The lowest BCUT2D eigenvalue weighted by Gasteiger charge is -2.18. The van der Waals surface area contributed by atoms with Gasteiger partial charge >= 0.3 is 5.97 Å². The lowest BCUT2D eigenvalue weighted by atomic mass is 10.3. The van der Waals surface area contributed by atoms with Crippen LogP contribution in [0.3, 0.4) is 0 Å². The van der Waals surface area contributed by atoms with Crippen LogP contribution in [0.5, 0.6) is 0 Å². The predicted molar refractivity (Wildman–Crippen MR) is 117 cm³/mol. The number of thioether (sulfide) groups is 1. The van der Waals surface area contributed by atoms with Gasteiger partial charge in [-0.05, 0) is 31.4 Å². The number of aliphatic carboxylic acids is 1. The number of aromatic nitrogens is 2. The molecule has 3 aromatic rings. The molecule has 0 atom stereocenters. The van der Waals surface area contributed by atoms with E-state index in [0.29, 0.717) is 10.0 Å². The van der Waals surface area contributed by atoms with Gasteiger partial charge in [0.15, 0.2) is 5.52 Å². The Morgan fingerprint density at radius 2 is 2.00 bits per heavy atom. The summed E-state index contributed by atoms with van der Waals surface area (Å²) in [6.07, 6.45) is 2.06. The zero-order chi connectivity index (χ0) is 20.0. The number of imidazole rings is 1. The van der Waals surface area contributed by atoms with Crippen LogP contribution in [-0.2, 0) is 17.9 Å². The van der Waals surface area contributed by atoms with Crippen molar-refractivity contribution in [2.24, 2.45) is 0 Å². The van der Waals surface area contributed by atoms with E-state index >= 15 is 0 Å². The molecular formula is C19H18BrCl2N3O2S2. The summed E-state index contributed by atoms with van der Waals surface area (Å²) in [6.45, 7) is 5.75. The first-order chi connectivity index (χ1) is 13.4. The molecule has 0 spiro atoms. The number of rotatable bonds is 5. The molecule has 0 unspecified atom stereocenters. The number of anilines is 1. The van der Waals surface area contributed by atoms with Crippen LogP contribution in [0.4, 0.5) is 5.69 Å². The second-order valence-electron chi connectivity index (χ2n) is 6.26. The molecule has 0 bridgehead atoms. The van der Waals surface area contributed by atoms with Gasteiger partial charge in [-0.15, -0.1) is 0 Å². The third kappa shape index (κ3) is 3.93. The zero-order valence-corrected chi connectivity index (χ0v) is 20.4. The molecule has 0 aliphatic carbocycles. The maximum absolute atomic E-state index is 11.5. The first-order valence-corrected chi connectivity index (χ1v) is 11.3. The van der Waals surface area contributed by atoms with Crippen LogP contribution in [0.2, 0.25) is 10.0 Å². The molecule has 29 heavy (non-hydrogen) atoms. The molecule has 2 aromatic heterocycles. The summed E-state index contributed by atoms with van der Waals surface area (Å²) in [6, 6.07) is 5.66. The fourth-order valence-electron chi connectivity index (χ4n) is 3.48. The summed E-state index contributed by atoms with van der Waals surface area (Å²) < 4.78 is 4.52. The number of thiophene rings is 1. The molecule has 3 heterocycles. The van der Waals surface area contributed by atoms with E-state index in [1.165, 1.54) is 22.1 Å². The van der Waals surface area contributed by atoms with Crippen molar-refractivity contribution in [1.82, 2.24) is 4.57 Å². The summed E-state index contributed by atoms with van der Waals surface area (Å²) in [5, 5.41) is 13.3. The summed E-state index contributed by atoms with van der Waals surface area (Å²) in [5.41, 5.74) is 1.96. The highest BCUT2D eigenvalue weighted by atomic mass is 79.9. The molecular weight excluding hydrogens is 517 g/mol. The Hall–Kier alpha value is -1.19. The van der Waals surface area contributed by atoms with Crippen molar-refractivity contribution < 1.29 is 31.4 Å². The van der Waals surface area contributed by atoms with Gasteiger partial charge in [0, 0.05) is 11.0 Å². The van der Waals surface area contributed by atoms with Crippen molar-refractivity contribution in [3.63, 3.8) is 0 Å². The number of fused-ring (bicyclic) bond motifs is 2. The van der Waals surface area contributed by atoms with Crippen LogP contribution in [0, 0.1) is 0 Å². The molecule has 1 N–H and O–H groups in total. The van der Waals surface area contributed by atoms with E-state index in [1.807, 2.05) is 0 Å². The average Bonchev–Trinajstić information content (AvgIpc) is 3.30. The summed E-state index contributed by atoms with van der Waals surface area (Å²) in [7, 11) is 0. The molecule has 0 fully saturated rings. The number of benzene rings is 1. The van der Waals surface area contributed by atoms with Gasteiger partial charge in [0.2, 0.25) is 4.83 Å². The fraction of sp³-hybridized carbons (Fsp3) is 0.263. The summed E-state index contributed by atoms with van der Waals surface area (Å²) in [4.78, 5) is 15.4. The minimum absolute atomic E-state index is 0. The Morgan fingerprint density at radius 1 is 1.28 bits per heavy atom. The van der Waals surface area contributed by atoms with E-state index < -0.39 is 5.97 Å². The standard InChI is InChI=1S/C19H17Cl2N3O2S2.BrH/c1-3-22-13-5-6-27-19(13)23(4-2)16(22)9-17-24(10-18(25)26)14-7-11(20)12(21)8-15(14)28-17;/h5-9H,3-4,10H2,1-2H3;1H. The average molecular weight is 535 g/mol. The number of carboxylic acids is 1. The predicted octanol–water partition coefficient (Wildman–Crippen LogP) is 2.34. The molecule has 5 nitrogen and oxygen atoms in total. The Bertz CT molecular complexity index is 1090. The SMILES string of the molecule is CCn1c(C=C2Sc3cc(Cl)c(Cl)cc3N2CC(=O)O)[n+](CC)c2sccc21.[Br-]. The monoisotopic (exact) mass is 533 g/mol. The number of nitrogens with zero attached hydrogens (tertiary/aromatic N) is 3. The first-order valence-electron chi connectivity index (χ1n) is 8.82. The minimum atomic E-state index is -0.902. The number of hydrogen-bond acceptors (Lipinski definition) is 4. The smallest absolute Gasteiger partial charge is 0.323 e. The highest BCUT2D eigenvalue weighted by Gasteiger charge is 2.31. The van der Waals surface area contributed by atoms with E-state index in [2.05, 4.69) is 40.5 Å². The number of carbonyl (C=O) groups is 1. The maximum atomic E-state index is 11.5. The normalized spacial score (nSPS) is 14.5. The van der Waals surface area contributed by atoms with E-state index in [9.17, 15) is 9.90 Å². The summed E-state index contributed by atoms with van der Waals surface area (Å²) >= 11 is 15.6. The summed E-state index contributed by atoms with van der Waals surface area (Å²) in [5.74, 6) is 0.149. The number of carboxylic acid groups (broad SMARTS) is 1. The van der Waals surface area contributed by atoms with Gasteiger partial charge in [0.1, 0.15) is 6.54 Å². The molecule has 10 heteroatoms. The third-order valence-corrected chi connectivity index (χ3v) is 7.41. The second-order valence-corrected chi connectivity index (χ2v) is 9.03. The lowest BCUT2D eigenvalue weighted by molar-refractivity contribution is -0.668. The zero-order valence-electron chi connectivity index (χ0n) is 15.7. The van der Waals surface area contributed by atoms with Gasteiger partial charge in [-0.25, -0.2) is 9.13 Å².